The molecule has 0 spiro atoms. The number of carbonyl (C=O) groups excluding carboxylic acids is 2. The van der Waals surface area contributed by atoms with Gasteiger partial charge in [-0.3, -0.25) is 0 Å². The van der Waals surface area contributed by atoms with Crippen LogP contribution in [0.4, 0.5) is 17.3 Å². The lowest BCUT2D eigenvalue weighted by atomic mass is 10.2. The molecule has 1 saturated heterocycles. The van der Waals surface area contributed by atoms with Crippen LogP contribution in [0.1, 0.15) is 34.6 Å². The van der Waals surface area contributed by atoms with E-state index in [1.54, 1.807) is 57.9 Å². The number of carbonyl (C=O) groups is 2. The Bertz CT molecular complexity index is 1970. The second-order valence-corrected chi connectivity index (χ2v) is 12.6. The Kier molecular flexibility index (Phi) is 12.6. The van der Waals surface area contributed by atoms with Crippen LogP contribution in [-0.4, -0.2) is 99.5 Å². The van der Waals surface area contributed by atoms with Gasteiger partial charge in [-0.25, -0.2) is 29.5 Å². The number of hydrogen-bond donors (Lipinski definition) is 1. The molecule has 268 valence electrons. The highest BCUT2D eigenvalue weighted by atomic mass is 127. The number of esters is 2. The van der Waals surface area contributed by atoms with E-state index < -0.39 is 0 Å². The zero-order chi connectivity index (χ0) is 36.5. The van der Waals surface area contributed by atoms with Crippen molar-refractivity contribution in [2.45, 2.75) is 13.8 Å². The molecule has 51 heavy (non-hydrogen) atoms. The van der Waals surface area contributed by atoms with Crippen molar-refractivity contribution in [3.8, 4) is 28.5 Å². The maximum Gasteiger partial charge on any atom is 0.339 e. The number of aromatic nitrogens is 6. The van der Waals surface area contributed by atoms with Gasteiger partial charge in [-0.1, -0.05) is 0 Å². The molecule has 0 saturated carbocycles. The van der Waals surface area contributed by atoms with Crippen LogP contribution in [0.2, 0.25) is 0 Å². The molecule has 1 aliphatic heterocycles. The fraction of sp³-hybridized carbons (Fsp3) is 0.333. The average Bonchev–Trinajstić information content (AvgIpc) is 3.72. The Labute approximate surface area is 310 Å². The number of ether oxygens (including phenoxy) is 3. The van der Waals surface area contributed by atoms with Crippen LogP contribution in [0.5, 0.6) is 5.75 Å². The minimum Gasteiger partial charge on any atom is -0.494 e. The molecule has 6 rings (SSSR count). The number of nitrogens with zero attached hydrogens (tertiary/aromatic N) is 8. The maximum atomic E-state index is 12.1. The molecule has 4 aromatic heterocycles. The highest BCUT2D eigenvalue weighted by molar-refractivity contribution is 14.1. The SMILES string of the molecule is CCOC(=O)c1cc(-c2ccnc(I)n2)n(C)c1.CCOC(=O)c1cc(-c2ccnc(Nc3ccc(N4CCN(C)CC4)cc3OC)n2)n(C)c1. The van der Waals surface area contributed by atoms with E-state index in [9.17, 15) is 9.59 Å². The van der Waals surface area contributed by atoms with Gasteiger partial charge in [-0.15, -0.1) is 0 Å². The lowest BCUT2D eigenvalue weighted by molar-refractivity contribution is 0.0517. The molecule has 0 radical (unpaired) electrons. The van der Waals surface area contributed by atoms with Gasteiger partial charge in [0.2, 0.25) is 5.95 Å². The third-order valence-corrected chi connectivity index (χ3v) is 8.66. The van der Waals surface area contributed by atoms with Crippen molar-refractivity contribution in [3.63, 3.8) is 0 Å². The van der Waals surface area contributed by atoms with E-state index in [-0.39, 0.29) is 11.9 Å². The maximum absolute atomic E-state index is 12.1. The first-order valence-electron chi connectivity index (χ1n) is 16.5. The Morgan fingerprint density at radius 2 is 1.35 bits per heavy atom. The molecule has 1 aliphatic rings. The summed E-state index contributed by atoms with van der Waals surface area (Å²) in [6, 6.07) is 13.3. The molecule has 15 heteroatoms. The topological polar surface area (TPSA) is 142 Å². The predicted molar refractivity (Wildman–Crippen MR) is 203 cm³/mol. The molecule has 0 amide bonds. The van der Waals surface area contributed by atoms with Gasteiger partial charge in [0.1, 0.15) is 5.75 Å². The summed E-state index contributed by atoms with van der Waals surface area (Å²) in [4.78, 5) is 45.8. The van der Waals surface area contributed by atoms with Crippen LogP contribution >= 0.6 is 22.6 Å². The molecule has 0 aliphatic carbocycles. The fourth-order valence-electron chi connectivity index (χ4n) is 5.49. The molecule has 1 N–H and O–H groups in total. The van der Waals surface area contributed by atoms with Gasteiger partial charge in [0, 0.05) is 99.4 Å². The van der Waals surface area contributed by atoms with Crippen molar-refractivity contribution in [1.82, 2.24) is 34.0 Å². The van der Waals surface area contributed by atoms with Crippen molar-refractivity contribution in [3.05, 3.63) is 82.2 Å². The van der Waals surface area contributed by atoms with Crippen LogP contribution in [0.15, 0.2) is 67.3 Å². The summed E-state index contributed by atoms with van der Waals surface area (Å²) < 4.78 is 20.1. The molecule has 1 fully saturated rings. The van der Waals surface area contributed by atoms with Gasteiger partial charge in [0.05, 0.1) is 59.9 Å². The van der Waals surface area contributed by atoms with E-state index in [1.807, 2.05) is 47.5 Å². The quantitative estimate of drug-likeness (QED) is 0.109. The average molecular weight is 808 g/mol. The molecular weight excluding hydrogens is 765 g/mol. The number of nitrogens with one attached hydrogen (secondary N) is 1. The standard InChI is InChI=1S/C24H30N6O3.C12H12IN3O2/c1-5-33-23(31)17-14-21(29(3)16-17)19-8-9-25-24(26-19)27-20-7-6-18(15-22(20)32-4)30-12-10-28(2)11-13-30;1-3-18-11(17)8-6-10(16(2)7-8)9-4-5-14-12(13)15-9/h6-9,14-16H,5,10-13H2,1-4H3,(H,25,26,27);4-7H,3H2,1-2H3. The van der Waals surface area contributed by atoms with Crippen LogP contribution in [0.25, 0.3) is 22.8 Å². The van der Waals surface area contributed by atoms with Gasteiger partial charge >= 0.3 is 11.9 Å². The van der Waals surface area contributed by atoms with E-state index in [0.29, 0.717) is 39.8 Å². The third-order valence-electron chi connectivity index (χ3n) is 8.14. The van der Waals surface area contributed by atoms with Crippen LogP contribution < -0.4 is 15.0 Å². The summed E-state index contributed by atoms with van der Waals surface area (Å²) in [5.41, 5.74) is 6.07. The van der Waals surface area contributed by atoms with Crippen LogP contribution in [0.3, 0.4) is 0 Å². The lowest BCUT2D eigenvalue weighted by Crippen LogP contribution is -2.44. The molecule has 5 aromatic rings. The van der Waals surface area contributed by atoms with Crippen molar-refractivity contribution in [2.24, 2.45) is 14.1 Å². The zero-order valence-electron chi connectivity index (χ0n) is 29.6. The van der Waals surface area contributed by atoms with E-state index in [0.717, 1.165) is 60.4 Å². The summed E-state index contributed by atoms with van der Waals surface area (Å²) >= 11 is 2.05. The molecule has 0 atom stereocenters. The molecule has 1 aromatic carbocycles. The van der Waals surface area contributed by atoms with Gasteiger partial charge in [-0.2, -0.15) is 0 Å². The number of likely N-dealkylation sites (N-methyl/N-ethyl adjacent to an activating group) is 1. The Morgan fingerprint density at radius 1 is 0.784 bits per heavy atom. The molecule has 0 unspecified atom stereocenters. The van der Waals surface area contributed by atoms with E-state index in [4.69, 9.17) is 14.2 Å². The molecular formula is C36H42IN9O5. The van der Waals surface area contributed by atoms with Crippen LogP contribution in [-0.2, 0) is 23.6 Å². The normalized spacial score (nSPS) is 12.9. The number of methoxy groups -OCH3 is 1. The molecule has 0 bridgehead atoms. The first-order valence-corrected chi connectivity index (χ1v) is 17.6. The van der Waals surface area contributed by atoms with Gasteiger partial charge in [0.25, 0.3) is 0 Å². The van der Waals surface area contributed by atoms with E-state index in [1.165, 1.54) is 0 Å². The number of benzene rings is 1. The number of piperazine rings is 1. The van der Waals surface area contributed by atoms with Gasteiger partial charge in [-0.05, 0) is 57.3 Å². The Balaban J connectivity index is 0.000000236. The monoisotopic (exact) mass is 807 g/mol. The number of rotatable bonds is 10. The van der Waals surface area contributed by atoms with E-state index >= 15 is 0 Å². The second-order valence-electron chi connectivity index (χ2n) is 11.7. The third kappa shape index (κ3) is 9.40. The van der Waals surface area contributed by atoms with Gasteiger partial charge < -0.3 is 38.5 Å². The number of aryl methyl sites for hydroxylation is 2. The molecule has 5 heterocycles. The summed E-state index contributed by atoms with van der Waals surface area (Å²) in [6.45, 7) is 8.34. The first-order chi connectivity index (χ1) is 24.6. The number of anilines is 3. The smallest absolute Gasteiger partial charge is 0.339 e. The van der Waals surface area contributed by atoms with Crippen molar-refractivity contribution in [2.75, 3.05) is 63.8 Å². The largest absolute Gasteiger partial charge is 0.494 e. The number of halogens is 1. The first kappa shape index (κ1) is 37.2. The van der Waals surface area contributed by atoms with Crippen molar-refractivity contribution in [1.29, 1.82) is 0 Å². The highest BCUT2D eigenvalue weighted by Gasteiger charge is 2.18. The summed E-state index contributed by atoms with van der Waals surface area (Å²) in [6.07, 6.45) is 6.86. The zero-order valence-corrected chi connectivity index (χ0v) is 31.7. The fourth-order valence-corrected chi connectivity index (χ4v) is 5.92. The van der Waals surface area contributed by atoms with Gasteiger partial charge in [0.15, 0.2) is 3.83 Å². The van der Waals surface area contributed by atoms with E-state index in [2.05, 4.69) is 70.8 Å². The highest BCUT2D eigenvalue weighted by Crippen LogP contribution is 2.32. The summed E-state index contributed by atoms with van der Waals surface area (Å²) in [5.74, 6) is 0.501. The minimum absolute atomic E-state index is 0.317. The van der Waals surface area contributed by atoms with Crippen molar-refractivity contribution < 1.29 is 23.8 Å². The predicted octanol–water partition coefficient (Wildman–Crippen LogP) is 5.43. The van der Waals surface area contributed by atoms with Crippen LogP contribution in [0, 0.1) is 3.83 Å². The Hall–Kier alpha value is -5.03. The molecule has 14 nitrogen and oxygen atoms in total. The summed E-state index contributed by atoms with van der Waals surface area (Å²) in [5, 5.41) is 3.27. The minimum atomic E-state index is -0.350. The number of hydrogen-bond acceptors (Lipinski definition) is 12. The Morgan fingerprint density at radius 3 is 1.90 bits per heavy atom. The second kappa shape index (κ2) is 17.3. The van der Waals surface area contributed by atoms with Crippen molar-refractivity contribution >= 4 is 51.9 Å². The lowest BCUT2D eigenvalue weighted by Gasteiger charge is -2.34. The summed E-state index contributed by atoms with van der Waals surface area (Å²) in [7, 11) is 7.54.